The van der Waals surface area contributed by atoms with Crippen LogP contribution in [-0.4, -0.2) is 67.8 Å². The van der Waals surface area contributed by atoms with Crippen molar-refractivity contribution in [2.24, 2.45) is 0 Å². The molecule has 0 bridgehead atoms. The summed E-state index contributed by atoms with van der Waals surface area (Å²) in [5, 5.41) is 0. The molecule has 6 nitrogen and oxygen atoms in total. The van der Waals surface area contributed by atoms with Crippen molar-refractivity contribution in [1.82, 2.24) is 14.2 Å². The summed E-state index contributed by atoms with van der Waals surface area (Å²) in [4.78, 5) is 7.93. The lowest BCUT2D eigenvalue weighted by Gasteiger charge is -2.36. The summed E-state index contributed by atoms with van der Waals surface area (Å²) in [6, 6.07) is 6.42. The molecule has 0 spiro atoms. The fourth-order valence-corrected chi connectivity index (χ4v) is 5.93. The van der Waals surface area contributed by atoms with E-state index < -0.39 is 27.6 Å². The lowest BCUT2D eigenvalue weighted by molar-refractivity contribution is -0.0221. The maximum atomic E-state index is 14.0. The van der Waals surface area contributed by atoms with Crippen molar-refractivity contribution in [1.29, 1.82) is 0 Å². The van der Waals surface area contributed by atoms with Gasteiger partial charge in [-0.25, -0.2) is 31.0 Å². The van der Waals surface area contributed by atoms with Crippen LogP contribution in [0.4, 0.5) is 23.4 Å². The molecule has 0 aliphatic carbocycles. The van der Waals surface area contributed by atoms with Crippen molar-refractivity contribution in [2.45, 2.75) is 49.1 Å². The van der Waals surface area contributed by atoms with Gasteiger partial charge in [-0.05, 0) is 50.2 Å². The Balaban J connectivity index is 1.35. The molecule has 2 aliphatic heterocycles. The van der Waals surface area contributed by atoms with Crippen molar-refractivity contribution in [3.05, 3.63) is 53.7 Å². The van der Waals surface area contributed by atoms with Gasteiger partial charge in [-0.3, -0.25) is 4.90 Å². The molecule has 0 atom stereocenters. The van der Waals surface area contributed by atoms with Gasteiger partial charge < -0.3 is 4.90 Å². The lowest BCUT2D eigenvalue weighted by atomic mass is 10.0. The first kappa shape index (κ1) is 24.9. The molecule has 2 aliphatic rings. The number of nitrogens with zero attached hydrogens (tertiary/aromatic N) is 4. The summed E-state index contributed by atoms with van der Waals surface area (Å²) in [5.74, 6) is -3.14. The molecular formula is C23H28F4N4O2S. The smallest absolute Gasteiger partial charge is 0.251 e. The second-order valence-electron chi connectivity index (χ2n) is 8.98. The number of hydrogen-bond acceptors (Lipinski definition) is 5. The third-order valence-corrected chi connectivity index (χ3v) is 8.53. The number of anilines is 1. The van der Waals surface area contributed by atoms with E-state index in [-0.39, 0.29) is 49.0 Å². The summed E-state index contributed by atoms with van der Waals surface area (Å²) in [6.07, 6.45) is 1.90. The van der Waals surface area contributed by atoms with Crippen molar-refractivity contribution < 1.29 is 26.0 Å². The molecule has 3 heterocycles. The third-order valence-electron chi connectivity index (χ3n) is 6.65. The molecule has 0 saturated carbocycles. The molecule has 1 aromatic heterocycles. The molecule has 0 radical (unpaired) electrons. The Kier molecular flexibility index (Phi) is 7.16. The maximum absolute atomic E-state index is 14.0. The quantitative estimate of drug-likeness (QED) is 0.564. The van der Waals surface area contributed by atoms with Crippen LogP contribution in [0.3, 0.4) is 0 Å². The van der Waals surface area contributed by atoms with Crippen LogP contribution < -0.4 is 4.90 Å². The van der Waals surface area contributed by atoms with E-state index in [4.69, 9.17) is 0 Å². The topological polar surface area (TPSA) is 56.8 Å². The SMILES string of the molecule is CN(Cc1cc(F)ccc1F)C1CCN(S(=O)(=O)c2ccc(N3CCC(F)(F)CC3)nc2)CC1. The van der Waals surface area contributed by atoms with E-state index in [2.05, 4.69) is 4.98 Å². The number of pyridine rings is 1. The van der Waals surface area contributed by atoms with E-state index in [0.717, 1.165) is 12.1 Å². The molecule has 4 rings (SSSR count). The van der Waals surface area contributed by atoms with Gasteiger partial charge in [-0.15, -0.1) is 0 Å². The van der Waals surface area contributed by atoms with Crippen LogP contribution in [0.2, 0.25) is 0 Å². The molecule has 0 unspecified atom stereocenters. The van der Waals surface area contributed by atoms with Gasteiger partial charge in [0.1, 0.15) is 22.3 Å². The number of piperidine rings is 2. The van der Waals surface area contributed by atoms with E-state index in [0.29, 0.717) is 31.7 Å². The highest BCUT2D eigenvalue weighted by Gasteiger charge is 2.35. The first-order valence-corrected chi connectivity index (χ1v) is 12.7. The molecule has 34 heavy (non-hydrogen) atoms. The predicted octanol–water partition coefficient (Wildman–Crippen LogP) is 3.88. The molecule has 0 N–H and O–H groups in total. The Morgan fingerprint density at radius 3 is 2.35 bits per heavy atom. The molecule has 186 valence electrons. The summed E-state index contributed by atoms with van der Waals surface area (Å²) in [6.45, 7) is 1.17. The van der Waals surface area contributed by atoms with Crippen LogP contribution in [-0.2, 0) is 16.6 Å². The first-order valence-electron chi connectivity index (χ1n) is 11.3. The number of halogens is 4. The van der Waals surface area contributed by atoms with Crippen LogP contribution in [0, 0.1) is 11.6 Å². The first-order chi connectivity index (χ1) is 16.0. The summed E-state index contributed by atoms with van der Waals surface area (Å²) in [7, 11) is -1.93. The zero-order chi connectivity index (χ0) is 24.5. The van der Waals surface area contributed by atoms with Crippen LogP contribution in [0.1, 0.15) is 31.2 Å². The number of benzene rings is 1. The van der Waals surface area contributed by atoms with Gasteiger partial charge >= 0.3 is 0 Å². The van der Waals surface area contributed by atoms with Crippen molar-refractivity contribution in [3.8, 4) is 0 Å². The van der Waals surface area contributed by atoms with Gasteiger partial charge in [0.2, 0.25) is 10.0 Å². The zero-order valence-electron chi connectivity index (χ0n) is 18.9. The average molecular weight is 501 g/mol. The largest absolute Gasteiger partial charge is 0.356 e. The van der Waals surface area contributed by atoms with Crippen molar-refractivity contribution in [3.63, 3.8) is 0 Å². The maximum Gasteiger partial charge on any atom is 0.251 e. The van der Waals surface area contributed by atoms with Crippen LogP contribution in [0.25, 0.3) is 0 Å². The van der Waals surface area contributed by atoms with Gasteiger partial charge in [-0.1, -0.05) is 0 Å². The fourth-order valence-electron chi connectivity index (χ4n) is 4.51. The average Bonchev–Trinajstić information content (AvgIpc) is 2.81. The molecule has 2 saturated heterocycles. The van der Waals surface area contributed by atoms with Gasteiger partial charge in [-0.2, -0.15) is 4.31 Å². The minimum Gasteiger partial charge on any atom is -0.356 e. The standard InChI is InChI=1S/C23H28F4N4O2S/c1-29(16-17-14-18(24)2-4-21(17)25)19-6-10-31(11-7-19)34(32,33)20-3-5-22(28-15-20)30-12-8-23(26,27)9-13-30/h2-5,14-15,19H,6-13,16H2,1H3. The minimum atomic E-state index is -3.74. The van der Waals surface area contributed by atoms with Crippen molar-refractivity contribution >= 4 is 15.8 Å². The highest BCUT2D eigenvalue weighted by atomic mass is 32.2. The summed E-state index contributed by atoms with van der Waals surface area (Å²) < 4.78 is 81.7. The van der Waals surface area contributed by atoms with Gasteiger partial charge in [0.15, 0.2) is 0 Å². The Labute approximate surface area is 197 Å². The fraction of sp³-hybridized carbons (Fsp3) is 0.522. The summed E-state index contributed by atoms with van der Waals surface area (Å²) >= 11 is 0. The lowest BCUT2D eigenvalue weighted by Crippen LogP contribution is -2.45. The second-order valence-corrected chi connectivity index (χ2v) is 10.9. The Morgan fingerprint density at radius 2 is 1.74 bits per heavy atom. The molecule has 0 amide bonds. The molecule has 2 aromatic rings. The Morgan fingerprint density at radius 1 is 1.06 bits per heavy atom. The van der Waals surface area contributed by atoms with Crippen LogP contribution in [0.15, 0.2) is 41.4 Å². The van der Waals surface area contributed by atoms with E-state index in [1.54, 1.807) is 11.0 Å². The van der Waals surface area contributed by atoms with E-state index >= 15 is 0 Å². The second kappa shape index (κ2) is 9.79. The third kappa shape index (κ3) is 5.52. The number of aromatic nitrogens is 1. The monoisotopic (exact) mass is 500 g/mol. The Bertz CT molecular complexity index is 1100. The highest BCUT2D eigenvalue weighted by molar-refractivity contribution is 7.89. The van der Waals surface area contributed by atoms with Crippen LogP contribution >= 0.6 is 0 Å². The molecule has 2 fully saturated rings. The number of rotatable bonds is 6. The predicted molar refractivity (Wildman–Crippen MR) is 120 cm³/mol. The highest BCUT2D eigenvalue weighted by Crippen LogP contribution is 2.30. The van der Waals surface area contributed by atoms with Crippen molar-refractivity contribution in [2.75, 3.05) is 38.1 Å². The van der Waals surface area contributed by atoms with Gasteiger partial charge in [0.05, 0.1) is 0 Å². The normalized spacial score (nSPS) is 20.1. The van der Waals surface area contributed by atoms with Crippen LogP contribution in [0.5, 0.6) is 0 Å². The Hall–Kier alpha value is -2.24. The number of sulfonamides is 1. The zero-order valence-corrected chi connectivity index (χ0v) is 19.7. The van der Waals surface area contributed by atoms with E-state index in [9.17, 15) is 26.0 Å². The number of hydrogen-bond donors (Lipinski definition) is 0. The van der Waals surface area contributed by atoms with E-state index in [1.807, 2.05) is 11.9 Å². The van der Waals surface area contributed by atoms with E-state index in [1.165, 1.54) is 22.6 Å². The number of alkyl halides is 2. The molecule has 11 heteroatoms. The van der Waals surface area contributed by atoms with Gasteiger partial charge in [0.25, 0.3) is 5.92 Å². The molecule has 1 aromatic carbocycles. The van der Waals surface area contributed by atoms with Gasteiger partial charge in [0, 0.05) is 63.4 Å². The minimum absolute atomic E-state index is 0.0341. The summed E-state index contributed by atoms with van der Waals surface area (Å²) in [5.41, 5.74) is 0.265. The molecular weight excluding hydrogens is 472 g/mol.